The Kier molecular flexibility index (Phi) is 3.41. The van der Waals surface area contributed by atoms with E-state index < -0.39 is 0 Å². The van der Waals surface area contributed by atoms with Crippen molar-refractivity contribution in [3.63, 3.8) is 0 Å². The van der Waals surface area contributed by atoms with Gasteiger partial charge in [-0.1, -0.05) is 0 Å². The van der Waals surface area contributed by atoms with Crippen LogP contribution in [0.1, 0.15) is 55.5 Å². The fourth-order valence-corrected chi connectivity index (χ4v) is 4.55. The molecule has 0 radical (unpaired) electrons. The molecule has 1 unspecified atom stereocenters. The van der Waals surface area contributed by atoms with Gasteiger partial charge in [-0.05, 0) is 70.3 Å². The number of piperidine rings is 1. The molecule has 0 spiro atoms. The van der Waals surface area contributed by atoms with Gasteiger partial charge in [-0.15, -0.1) is 0 Å². The lowest BCUT2D eigenvalue weighted by atomic mass is 9.97. The van der Waals surface area contributed by atoms with Crippen molar-refractivity contribution in [3.8, 4) is 5.75 Å². The molecule has 0 aromatic heterocycles. The fourth-order valence-electron chi connectivity index (χ4n) is 4.55. The number of carbonyl (C=O) groups is 1. The first-order valence-corrected chi connectivity index (χ1v) is 8.76. The highest BCUT2D eigenvalue weighted by Crippen LogP contribution is 2.36. The number of rotatable bonds is 2. The van der Waals surface area contributed by atoms with Crippen molar-refractivity contribution in [1.82, 2.24) is 10.2 Å². The lowest BCUT2D eigenvalue weighted by molar-refractivity contribution is 0.0882. The minimum atomic E-state index is -0.162. The summed E-state index contributed by atoms with van der Waals surface area (Å²) in [7, 11) is 2.22. The van der Waals surface area contributed by atoms with Gasteiger partial charge >= 0.3 is 0 Å². The zero-order chi connectivity index (χ0) is 16.2. The Morgan fingerprint density at radius 1 is 1.26 bits per heavy atom. The third-order valence-corrected chi connectivity index (χ3v) is 5.76. The Morgan fingerprint density at radius 2 is 1.96 bits per heavy atom. The molecule has 3 heterocycles. The number of hydrogen-bond acceptors (Lipinski definition) is 3. The summed E-state index contributed by atoms with van der Waals surface area (Å²) in [6.07, 6.45) is 5.58. The van der Waals surface area contributed by atoms with Crippen LogP contribution < -0.4 is 10.1 Å². The number of ether oxygens (including phenoxy) is 1. The van der Waals surface area contributed by atoms with Crippen LogP contribution in [0.3, 0.4) is 0 Å². The Morgan fingerprint density at radius 3 is 2.65 bits per heavy atom. The van der Waals surface area contributed by atoms with Crippen LogP contribution in [-0.4, -0.2) is 41.6 Å². The van der Waals surface area contributed by atoms with E-state index in [0.717, 1.165) is 36.1 Å². The topological polar surface area (TPSA) is 41.6 Å². The first kappa shape index (κ1) is 15.0. The Hall–Kier alpha value is -1.55. The molecule has 0 saturated carbocycles. The van der Waals surface area contributed by atoms with E-state index in [1.807, 2.05) is 18.2 Å². The van der Waals surface area contributed by atoms with Crippen molar-refractivity contribution < 1.29 is 9.53 Å². The smallest absolute Gasteiger partial charge is 0.251 e. The summed E-state index contributed by atoms with van der Waals surface area (Å²) >= 11 is 0. The first-order valence-electron chi connectivity index (χ1n) is 8.76. The number of carbonyl (C=O) groups excluding carboxylic acids is 1. The van der Waals surface area contributed by atoms with Gasteiger partial charge in [-0.3, -0.25) is 4.79 Å². The molecule has 1 aromatic carbocycles. The number of nitrogens with zero attached hydrogens (tertiary/aromatic N) is 1. The predicted octanol–water partition coefficient (Wildman–Crippen LogP) is 2.76. The lowest BCUT2D eigenvalue weighted by Gasteiger charge is -2.36. The zero-order valence-corrected chi connectivity index (χ0v) is 14.3. The van der Waals surface area contributed by atoms with Crippen molar-refractivity contribution in [2.75, 3.05) is 7.05 Å². The summed E-state index contributed by atoms with van der Waals surface area (Å²) in [6.45, 7) is 4.17. The Bertz CT molecular complexity index is 626. The highest BCUT2D eigenvalue weighted by Gasteiger charge is 2.39. The van der Waals surface area contributed by atoms with E-state index in [9.17, 15) is 4.79 Å². The molecule has 4 rings (SSSR count). The third-order valence-electron chi connectivity index (χ3n) is 5.76. The van der Waals surface area contributed by atoms with Gasteiger partial charge in [-0.2, -0.15) is 0 Å². The summed E-state index contributed by atoms with van der Waals surface area (Å²) in [5, 5.41) is 3.26. The third kappa shape index (κ3) is 2.74. The summed E-state index contributed by atoms with van der Waals surface area (Å²) in [4.78, 5) is 15.1. The van der Waals surface area contributed by atoms with Gasteiger partial charge in [0.05, 0.1) is 0 Å². The SMILES string of the molecule is CN1[C@@H]2CC[C@H]1CC(NC(=O)c1ccc3c(c1)CC(C)(C)O3)C2. The molecule has 0 aliphatic carbocycles. The maximum absolute atomic E-state index is 12.6. The number of hydrogen-bond donors (Lipinski definition) is 1. The van der Waals surface area contributed by atoms with Crippen LogP contribution in [0, 0.1) is 0 Å². The summed E-state index contributed by atoms with van der Waals surface area (Å²) < 4.78 is 5.89. The van der Waals surface area contributed by atoms with Gasteiger partial charge in [0.1, 0.15) is 11.4 Å². The molecule has 23 heavy (non-hydrogen) atoms. The predicted molar refractivity (Wildman–Crippen MR) is 89.9 cm³/mol. The minimum Gasteiger partial charge on any atom is -0.487 e. The average molecular weight is 314 g/mol. The van der Waals surface area contributed by atoms with E-state index in [1.54, 1.807) is 0 Å². The molecule has 2 bridgehead atoms. The maximum Gasteiger partial charge on any atom is 0.251 e. The van der Waals surface area contributed by atoms with E-state index in [4.69, 9.17) is 4.74 Å². The van der Waals surface area contributed by atoms with Crippen LogP contribution in [0.5, 0.6) is 5.75 Å². The summed E-state index contributed by atoms with van der Waals surface area (Å²) in [5.74, 6) is 0.982. The second-order valence-electron chi connectivity index (χ2n) is 8.05. The molecule has 4 nitrogen and oxygen atoms in total. The quantitative estimate of drug-likeness (QED) is 0.912. The number of nitrogens with one attached hydrogen (secondary N) is 1. The van der Waals surface area contributed by atoms with Crippen LogP contribution >= 0.6 is 0 Å². The second-order valence-corrected chi connectivity index (χ2v) is 8.05. The van der Waals surface area contributed by atoms with Gasteiger partial charge in [-0.25, -0.2) is 0 Å². The molecule has 2 saturated heterocycles. The Labute approximate surface area is 138 Å². The van der Waals surface area contributed by atoms with E-state index in [0.29, 0.717) is 18.1 Å². The standard InChI is InChI=1S/C19H26N2O2/c1-19(2)11-13-8-12(4-7-17(13)23-19)18(22)20-14-9-15-5-6-16(10-14)21(15)3/h4,7-8,14-16H,5-6,9-11H2,1-3H3,(H,20,22)/t14?,15-,16+. The molecule has 3 aliphatic heterocycles. The normalized spacial score (nSPS) is 31.5. The molecule has 3 atom stereocenters. The van der Waals surface area contributed by atoms with Crippen molar-refractivity contribution in [2.45, 2.75) is 69.7 Å². The van der Waals surface area contributed by atoms with E-state index in [-0.39, 0.29) is 11.5 Å². The number of amides is 1. The van der Waals surface area contributed by atoms with Crippen molar-refractivity contribution >= 4 is 5.91 Å². The van der Waals surface area contributed by atoms with Crippen LogP contribution in [0.25, 0.3) is 0 Å². The van der Waals surface area contributed by atoms with Crippen LogP contribution in [0.15, 0.2) is 18.2 Å². The molecular weight excluding hydrogens is 288 g/mol. The van der Waals surface area contributed by atoms with E-state index >= 15 is 0 Å². The summed E-state index contributed by atoms with van der Waals surface area (Å²) in [5.41, 5.74) is 1.74. The lowest BCUT2D eigenvalue weighted by Crippen LogP contribution is -2.48. The van der Waals surface area contributed by atoms with Crippen molar-refractivity contribution in [2.24, 2.45) is 0 Å². The molecule has 2 fully saturated rings. The van der Waals surface area contributed by atoms with Crippen LogP contribution in [0.4, 0.5) is 0 Å². The maximum atomic E-state index is 12.6. The molecule has 1 aromatic rings. The number of fused-ring (bicyclic) bond motifs is 3. The molecular formula is C19H26N2O2. The van der Waals surface area contributed by atoms with Gasteiger partial charge in [0.15, 0.2) is 0 Å². The van der Waals surface area contributed by atoms with Crippen LogP contribution in [-0.2, 0) is 6.42 Å². The number of benzene rings is 1. The molecule has 1 amide bonds. The largest absolute Gasteiger partial charge is 0.487 e. The molecule has 124 valence electrons. The minimum absolute atomic E-state index is 0.0615. The zero-order valence-electron chi connectivity index (χ0n) is 14.3. The van der Waals surface area contributed by atoms with Crippen molar-refractivity contribution in [1.29, 1.82) is 0 Å². The molecule has 1 N–H and O–H groups in total. The monoisotopic (exact) mass is 314 g/mol. The van der Waals surface area contributed by atoms with Gasteiger partial charge < -0.3 is 15.0 Å². The molecule has 3 aliphatic rings. The highest BCUT2D eigenvalue weighted by atomic mass is 16.5. The van der Waals surface area contributed by atoms with Gasteiger partial charge in [0, 0.05) is 30.1 Å². The fraction of sp³-hybridized carbons (Fsp3) is 0.632. The van der Waals surface area contributed by atoms with Crippen molar-refractivity contribution in [3.05, 3.63) is 29.3 Å². The average Bonchev–Trinajstić information content (AvgIpc) is 2.88. The van der Waals surface area contributed by atoms with Gasteiger partial charge in [0.2, 0.25) is 0 Å². The second kappa shape index (κ2) is 5.23. The Balaban J connectivity index is 1.45. The van der Waals surface area contributed by atoms with Crippen LogP contribution in [0.2, 0.25) is 0 Å². The van der Waals surface area contributed by atoms with E-state index in [1.165, 1.54) is 12.8 Å². The van der Waals surface area contributed by atoms with E-state index in [2.05, 4.69) is 31.1 Å². The van der Waals surface area contributed by atoms with Gasteiger partial charge in [0.25, 0.3) is 5.91 Å². The molecule has 4 heteroatoms. The summed E-state index contributed by atoms with van der Waals surface area (Å²) in [6, 6.07) is 7.44. The highest BCUT2D eigenvalue weighted by molar-refractivity contribution is 5.94. The first-order chi connectivity index (χ1) is 10.9.